The Bertz CT molecular complexity index is 853. The van der Waals surface area contributed by atoms with E-state index in [1.165, 1.54) is 20.3 Å². The molecule has 1 aliphatic rings. The molecule has 0 radical (unpaired) electrons. The highest BCUT2D eigenvalue weighted by Gasteiger charge is 2.41. The second-order valence-corrected chi connectivity index (χ2v) is 5.78. The van der Waals surface area contributed by atoms with E-state index in [0.29, 0.717) is 11.3 Å². The van der Waals surface area contributed by atoms with Crippen molar-refractivity contribution in [1.82, 2.24) is 0 Å². The van der Waals surface area contributed by atoms with E-state index in [9.17, 15) is 14.7 Å². The molecule has 1 N–H and O–H groups in total. The van der Waals surface area contributed by atoms with E-state index in [2.05, 4.69) is 4.74 Å². The van der Waals surface area contributed by atoms with E-state index in [1.54, 1.807) is 48.5 Å². The fourth-order valence-corrected chi connectivity index (χ4v) is 2.92. The second-order valence-electron chi connectivity index (χ2n) is 5.78. The zero-order valence-corrected chi connectivity index (χ0v) is 14.3. The summed E-state index contributed by atoms with van der Waals surface area (Å²) in [6.07, 6.45) is 2.36. The molecule has 0 fully saturated rings. The number of rotatable bonds is 4. The molecule has 134 valence electrons. The van der Waals surface area contributed by atoms with Crippen LogP contribution in [0.4, 0.5) is 0 Å². The SMILES string of the molecule is COC(=O)C=Cc1ccc2c(c1)[C@H](C(=O)OC)[C@@H](c1ccc(O)cc1)O2. The van der Waals surface area contributed by atoms with Gasteiger partial charge >= 0.3 is 11.9 Å². The molecular weight excluding hydrogens is 336 g/mol. The fourth-order valence-electron chi connectivity index (χ4n) is 2.92. The lowest BCUT2D eigenvalue weighted by atomic mass is 9.90. The number of carbonyl (C=O) groups is 2. The van der Waals surface area contributed by atoms with Crippen molar-refractivity contribution in [3.05, 3.63) is 65.2 Å². The standard InChI is InChI=1S/C20H18O6/c1-24-17(22)10-4-12-3-9-16-15(11-12)18(20(23)25-2)19(26-16)13-5-7-14(21)8-6-13/h3-11,18-19,21H,1-2H3/t18-,19+/m0/s1. The van der Waals surface area contributed by atoms with E-state index >= 15 is 0 Å². The number of hydrogen-bond acceptors (Lipinski definition) is 6. The van der Waals surface area contributed by atoms with Gasteiger partial charge in [0.05, 0.1) is 14.2 Å². The van der Waals surface area contributed by atoms with E-state index in [1.807, 2.05) is 0 Å². The molecule has 0 unspecified atom stereocenters. The van der Waals surface area contributed by atoms with Gasteiger partial charge in [0.2, 0.25) is 0 Å². The van der Waals surface area contributed by atoms with Crippen LogP contribution in [0.3, 0.4) is 0 Å². The molecule has 2 aromatic rings. The Hall–Kier alpha value is -3.28. The number of fused-ring (bicyclic) bond motifs is 1. The Balaban J connectivity index is 1.98. The van der Waals surface area contributed by atoms with Crippen molar-refractivity contribution in [3.8, 4) is 11.5 Å². The van der Waals surface area contributed by atoms with Crippen LogP contribution < -0.4 is 4.74 Å². The Morgan fingerprint density at radius 1 is 1.08 bits per heavy atom. The van der Waals surface area contributed by atoms with Gasteiger partial charge in [-0.25, -0.2) is 4.79 Å². The van der Waals surface area contributed by atoms with Crippen LogP contribution in [-0.4, -0.2) is 31.3 Å². The topological polar surface area (TPSA) is 82.1 Å². The monoisotopic (exact) mass is 354 g/mol. The van der Waals surface area contributed by atoms with Crippen molar-refractivity contribution < 1.29 is 28.9 Å². The van der Waals surface area contributed by atoms with Crippen LogP contribution >= 0.6 is 0 Å². The van der Waals surface area contributed by atoms with Crippen LogP contribution in [0.2, 0.25) is 0 Å². The molecule has 0 aromatic heterocycles. The molecule has 0 saturated heterocycles. The molecule has 0 bridgehead atoms. The molecule has 2 atom stereocenters. The van der Waals surface area contributed by atoms with Gasteiger partial charge in [0.1, 0.15) is 23.5 Å². The number of phenolic OH excluding ortho intramolecular Hbond substituents is 1. The van der Waals surface area contributed by atoms with Crippen molar-refractivity contribution in [1.29, 1.82) is 0 Å². The van der Waals surface area contributed by atoms with Crippen molar-refractivity contribution in [2.75, 3.05) is 14.2 Å². The van der Waals surface area contributed by atoms with Gasteiger partial charge in [-0.3, -0.25) is 4.79 Å². The number of benzene rings is 2. The molecule has 0 aliphatic carbocycles. The molecule has 3 rings (SSSR count). The minimum Gasteiger partial charge on any atom is -0.508 e. The smallest absolute Gasteiger partial charge is 0.330 e. The Morgan fingerprint density at radius 3 is 2.46 bits per heavy atom. The Labute approximate surface area is 150 Å². The number of carbonyl (C=O) groups excluding carboxylic acids is 2. The summed E-state index contributed by atoms with van der Waals surface area (Å²) in [5, 5.41) is 9.48. The van der Waals surface area contributed by atoms with Crippen molar-refractivity contribution >= 4 is 18.0 Å². The molecule has 6 nitrogen and oxygen atoms in total. The minimum atomic E-state index is -0.647. The Morgan fingerprint density at radius 2 is 1.81 bits per heavy atom. The lowest BCUT2D eigenvalue weighted by Gasteiger charge is -2.17. The van der Waals surface area contributed by atoms with Gasteiger partial charge in [-0.1, -0.05) is 18.2 Å². The van der Waals surface area contributed by atoms with Gasteiger partial charge in [0.25, 0.3) is 0 Å². The molecule has 6 heteroatoms. The largest absolute Gasteiger partial charge is 0.508 e. The molecular formula is C20H18O6. The lowest BCUT2D eigenvalue weighted by Crippen LogP contribution is -2.20. The van der Waals surface area contributed by atoms with Gasteiger partial charge in [-0.15, -0.1) is 0 Å². The van der Waals surface area contributed by atoms with Crippen LogP contribution in [0.5, 0.6) is 11.5 Å². The van der Waals surface area contributed by atoms with Crippen LogP contribution in [0.25, 0.3) is 6.08 Å². The lowest BCUT2D eigenvalue weighted by molar-refractivity contribution is -0.144. The average molecular weight is 354 g/mol. The summed E-state index contributed by atoms with van der Waals surface area (Å²) in [4.78, 5) is 23.7. The van der Waals surface area contributed by atoms with Crippen LogP contribution in [0.15, 0.2) is 48.5 Å². The minimum absolute atomic E-state index is 0.133. The molecule has 0 amide bonds. The van der Waals surface area contributed by atoms with E-state index in [4.69, 9.17) is 9.47 Å². The first-order valence-corrected chi connectivity index (χ1v) is 7.97. The van der Waals surface area contributed by atoms with Crippen LogP contribution in [0.1, 0.15) is 28.7 Å². The molecule has 1 heterocycles. The van der Waals surface area contributed by atoms with Gasteiger partial charge in [-0.2, -0.15) is 0 Å². The highest BCUT2D eigenvalue weighted by Crippen LogP contribution is 2.47. The first kappa shape index (κ1) is 17.5. The maximum absolute atomic E-state index is 12.4. The van der Waals surface area contributed by atoms with Gasteiger partial charge in [0, 0.05) is 11.6 Å². The van der Waals surface area contributed by atoms with Crippen molar-refractivity contribution in [2.24, 2.45) is 0 Å². The highest BCUT2D eigenvalue weighted by molar-refractivity contribution is 5.87. The van der Waals surface area contributed by atoms with Gasteiger partial charge in [-0.05, 0) is 41.5 Å². The van der Waals surface area contributed by atoms with E-state index in [-0.39, 0.29) is 5.75 Å². The fraction of sp³-hybridized carbons (Fsp3) is 0.200. The number of ether oxygens (including phenoxy) is 3. The summed E-state index contributed by atoms with van der Waals surface area (Å²) in [5.74, 6) is -0.821. The molecule has 26 heavy (non-hydrogen) atoms. The highest BCUT2D eigenvalue weighted by atomic mass is 16.5. The third kappa shape index (κ3) is 3.39. The van der Waals surface area contributed by atoms with Crippen LogP contribution in [-0.2, 0) is 19.1 Å². The van der Waals surface area contributed by atoms with Gasteiger partial charge in [0.15, 0.2) is 0 Å². The maximum atomic E-state index is 12.4. The predicted molar refractivity (Wildman–Crippen MR) is 93.7 cm³/mol. The second kappa shape index (κ2) is 7.31. The number of methoxy groups -OCH3 is 2. The first-order chi connectivity index (χ1) is 12.5. The molecule has 0 spiro atoms. The molecule has 2 aromatic carbocycles. The van der Waals surface area contributed by atoms with Crippen molar-refractivity contribution in [2.45, 2.75) is 12.0 Å². The summed E-state index contributed by atoms with van der Waals surface area (Å²) in [6, 6.07) is 11.8. The quantitative estimate of drug-likeness (QED) is 0.671. The number of esters is 2. The summed E-state index contributed by atoms with van der Waals surface area (Å²) in [7, 11) is 2.63. The normalized spacial score (nSPS) is 18.2. The van der Waals surface area contributed by atoms with Crippen molar-refractivity contribution in [3.63, 3.8) is 0 Å². The third-order valence-corrected chi connectivity index (χ3v) is 4.22. The average Bonchev–Trinajstić information content (AvgIpc) is 3.04. The molecule has 0 saturated carbocycles. The number of hydrogen-bond donors (Lipinski definition) is 1. The zero-order chi connectivity index (χ0) is 18.7. The first-order valence-electron chi connectivity index (χ1n) is 7.97. The van der Waals surface area contributed by atoms with Crippen LogP contribution in [0, 0.1) is 0 Å². The van der Waals surface area contributed by atoms with E-state index < -0.39 is 24.0 Å². The summed E-state index contributed by atoms with van der Waals surface area (Å²) >= 11 is 0. The third-order valence-electron chi connectivity index (χ3n) is 4.22. The summed E-state index contributed by atoms with van der Waals surface area (Å²) in [5.41, 5.74) is 2.17. The number of aromatic hydroxyl groups is 1. The Kier molecular flexibility index (Phi) is 4.93. The van der Waals surface area contributed by atoms with Gasteiger partial charge < -0.3 is 19.3 Å². The number of phenols is 1. The summed E-state index contributed by atoms with van der Waals surface area (Å²) in [6.45, 7) is 0. The van der Waals surface area contributed by atoms with E-state index in [0.717, 1.165) is 11.1 Å². The predicted octanol–water partition coefficient (Wildman–Crippen LogP) is 2.97. The maximum Gasteiger partial charge on any atom is 0.330 e. The molecule has 1 aliphatic heterocycles. The summed E-state index contributed by atoms with van der Waals surface area (Å²) < 4.78 is 15.5. The zero-order valence-electron chi connectivity index (χ0n) is 14.3.